The first-order valence-corrected chi connectivity index (χ1v) is 6.90. The molecule has 17 heavy (non-hydrogen) atoms. The molecule has 0 radical (unpaired) electrons. The smallest absolute Gasteiger partial charge is 0.258 e. The highest BCUT2D eigenvalue weighted by Gasteiger charge is 2.10. The highest BCUT2D eigenvalue weighted by Crippen LogP contribution is 2.36. The molecular weight excluding hydrogens is 418 g/mol. The summed E-state index contributed by atoms with van der Waals surface area (Å²) in [7, 11) is 0. The Hall–Kier alpha value is -0.510. The van der Waals surface area contributed by atoms with Crippen LogP contribution in [0.5, 0.6) is 5.75 Å². The molecule has 1 rings (SSSR count). The molecule has 3 nitrogen and oxygen atoms in total. The quantitative estimate of drug-likeness (QED) is 0.753. The Morgan fingerprint density at radius 1 is 1.35 bits per heavy atom. The Morgan fingerprint density at radius 3 is 2.47 bits per heavy atom. The van der Waals surface area contributed by atoms with Gasteiger partial charge in [0.05, 0.1) is 15.5 Å². The standard InChI is InChI=1S/C11H8Br3NO2/c1-2-3-15-10(16)6-17-11-8(13)4-7(12)5-9(11)14/h1,4-5H,3,6H2,(H,15,16). The maximum atomic E-state index is 11.3. The fourth-order valence-electron chi connectivity index (χ4n) is 1.01. The number of nitrogens with one attached hydrogen (secondary N) is 1. The Bertz CT molecular complexity index is 445. The van der Waals surface area contributed by atoms with Crippen LogP contribution in [0, 0.1) is 12.3 Å². The maximum absolute atomic E-state index is 11.3. The molecule has 1 aromatic carbocycles. The molecule has 0 saturated carbocycles. The van der Waals surface area contributed by atoms with Gasteiger partial charge < -0.3 is 10.1 Å². The van der Waals surface area contributed by atoms with Gasteiger partial charge in [-0.25, -0.2) is 0 Å². The van der Waals surface area contributed by atoms with Crippen LogP contribution in [0.2, 0.25) is 0 Å². The monoisotopic (exact) mass is 423 g/mol. The fraction of sp³-hybridized carbons (Fsp3) is 0.182. The van der Waals surface area contributed by atoms with Gasteiger partial charge in [0, 0.05) is 4.47 Å². The third-order valence-electron chi connectivity index (χ3n) is 1.70. The van der Waals surface area contributed by atoms with Crippen LogP contribution in [0.3, 0.4) is 0 Å². The SMILES string of the molecule is C#CCNC(=O)COc1c(Br)cc(Br)cc1Br. The van der Waals surface area contributed by atoms with Gasteiger partial charge in [-0.1, -0.05) is 21.9 Å². The molecular formula is C11H8Br3NO2. The van der Waals surface area contributed by atoms with E-state index in [-0.39, 0.29) is 19.1 Å². The summed E-state index contributed by atoms with van der Waals surface area (Å²) in [6, 6.07) is 3.67. The Labute approximate surface area is 125 Å². The summed E-state index contributed by atoms with van der Waals surface area (Å²) in [4.78, 5) is 11.3. The van der Waals surface area contributed by atoms with E-state index in [1.165, 1.54) is 0 Å². The number of benzene rings is 1. The molecule has 1 N–H and O–H groups in total. The second-order valence-corrected chi connectivity index (χ2v) is 5.59. The molecule has 90 valence electrons. The fourth-order valence-corrected chi connectivity index (χ4v) is 3.49. The first-order chi connectivity index (χ1) is 8.04. The first kappa shape index (κ1) is 14.6. The number of hydrogen-bond acceptors (Lipinski definition) is 2. The van der Waals surface area contributed by atoms with Crippen molar-refractivity contribution in [2.45, 2.75) is 0 Å². The average Bonchev–Trinajstić information content (AvgIpc) is 2.24. The number of carbonyl (C=O) groups is 1. The highest BCUT2D eigenvalue weighted by molar-refractivity contribution is 9.11. The summed E-state index contributed by atoms with van der Waals surface area (Å²) in [5.41, 5.74) is 0. The van der Waals surface area contributed by atoms with E-state index in [0.29, 0.717) is 5.75 Å². The third kappa shape index (κ3) is 4.70. The molecule has 0 fully saturated rings. The lowest BCUT2D eigenvalue weighted by molar-refractivity contribution is -0.122. The number of rotatable bonds is 4. The zero-order chi connectivity index (χ0) is 12.8. The molecule has 0 aliphatic heterocycles. The number of amides is 1. The molecule has 1 aromatic rings. The van der Waals surface area contributed by atoms with Crippen LogP contribution in [0.25, 0.3) is 0 Å². The van der Waals surface area contributed by atoms with Gasteiger partial charge in [0.15, 0.2) is 6.61 Å². The van der Waals surface area contributed by atoms with Crippen LogP contribution in [-0.4, -0.2) is 19.1 Å². The minimum Gasteiger partial charge on any atom is -0.481 e. The van der Waals surface area contributed by atoms with E-state index in [0.717, 1.165) is 13.4 Å². The molecule has 0 saturated heterocycles. The van der Waals surface area contributed by atoms with Crippen molar-refractivity contribution in [1.82, 2.24) is 5.32 Å². The average molecular weight is 426 g/mol. The van der Waals surface area contributed by atoms with Crippen molar-refractivity contribution in [2.24, 2.45) is 0 Å². The summed E-state index contributed by atoms with van der Waals surface area (Å²) < 4.78 is 7.80. The van der Waals surface area contributed by atoms with Crippen LogP contribution < -0.4 is 10.1 Å². The van der Waals surface area contributed by atoms with E-state index in [4.69, 9.17) is 11.2 Å². The molecule has 0 heterocycles. The van der Waals surface area contributed by atoms with E-state index in [1.807, 2.05) is 12.1 Å². The highest BCUT2D eigenvalue weighted by atomic mass is 79.9. The molecule has 0 spiro atoms. The van der Waals surface area contributed by atoms with E-state index in [2.05, 4.69) is 59.0 Å². The van der Waals surface area contributed by atoms with Crippen molar-refractivity contribution in [3.8, 4) is 18.1 Å². The Kier molecular flexibility index (Phi) is 6.03. The van der Waals surface area contributed by atoms with Crippen LogP contribution in [0.4, 0.5) is 0 Å². The minimum atomic E-state index is -0.260. The summed E-state index contributed by atoms with van der Waals surface area (Å²) in [5, 5.41) is 2.51. The number of terminal acetylenes is 1. The zero-order valence-corrected chi connectivity index (χ0v) is 13.4. The van der Waals surface area contributed by atoms with Crippen LogP contribution >= 0.6 is 47.8 Å². The number of hydrogen-bond donors (Lipinski definition) is 1. The second kappa shape index (κ2) is 7.04. The van der Waals surface area contributed by atoms with Gasteiger partial charge in [-0.05, 0) is 44.0 Å². The number of ether oxygens (including phenoxy) is 1. The van der Waals surface area contributed by atoms with Crippen LogP contribution in [0.15, 0.2) is 25.6 Å². The Morgan fingerprint density at radius 2 is 1.94 bits per heavy atom. The van der Waals surface area contributed by atoms with Crippen LogP contribution in [0.1, 0.15) is 0 Å². The third-order valence-corrected chi connectivity index (χ3v) is 3.33. The van der Waals surface area contributed by atoms with E-state index in [9.17, 15) is 4.79 Å². The largest absolute Gasteiger partial charge is 0.481 e. The van der Waals surface area contributed by atoms with Gasteiger partial charge in [-0.3, -0.25) is 4.79 Å². The molecule has 1 amide bonds. The molecule has 0 aromatic heterocycles. The van der Waals surface area contributed by atoms with Crippen molar-refractivity contribution < 1.29 is 9.53 Å². The van der Waals surface area contributed by atoms with E-state index < -0.39 is 0 Å². The molecule has 0 atom stereocenters. The lowest BCUT2D eigenvalue weighted by Gasteiger charge is -2.10. The topological polar surface area (TPSA) is 38.3 Å². The van der Waals surface area contributed by atoms with Gasteiger partial charge in [0.2, 0.25) is 0 Å². The summed E-state index contributed by atoms with van der Waals surface area (Å²) in [6.45, 7) is 0.116. The van der Waals surface area contributed by atoms with Gasteiger partial charge in [0.1, 0.15) is 5.75 Å². The zero-order valence-electron chi connectivity index (χ0n) is 8.60. The predicted octanol–water partition coefficient (Wildman–Crippen LogP) is 3.10. The molecule has 0 unspecified atom stereocenters. The lowest BCUT2D eigenvalue weighted by atomic mass is 10.3. The lowest BCUT2D eigenvalue weighted by Crippen LogP contribution is -2.29. The van der Waals surface area contributed by atoms with Crippen molar-refractivity contribution in [3.63, 3.8) is 0 Å². The number of halogens is 3. The van der Waals surface area contributed by atoms with Gasteiger partial charge in [-0.2, -0.15) is 0 Å². The van der Waals surface area contributed by atoms with Gasteiger partial charge in [-0.15, -0.1) is 6.42 Å². The predicted molar refractivity (Wildman–Crippen MR) is 76.9 cm³/mol. The van der Waals surface area contributed by atoms with Crippen molar-refractivity contribution in [1.29, 1.82) is 0 Å². The Balaban J connectivity index is 2.64. The molecule has 0 bridgehead atoms. The summed E-state index contributed by atoms with van der Waals surface area (Å²) >= 11 is 10.0. The van der Waals surface area contributed by atoms with Crippen molar-refractivity contribution in [3.05, 3.63) is 25.6 Å². The van der Waals surface area contributed by atoms with Crippen molar-refractivity contribution >= 4 is 53.7 Å². The van der Waals surface area contributed by atoms with E-state index in [1.54, 1.807) is 0 Å². The summed E-state index contributed by atoms with van der Waals surface area (Å²) in [6.07, 6.45) is 5.02. The molecule has 6 heteroatoms. The second-order valence-electron chi connectivity index (χ2n) is 2.97. The normalized spacial score (nSPS) is 9.53. The van der Waals surface area contributed by atoms with Gasteiger partial charge in [0.25, 0.3) is 5.91 Å². The summed E-state index contributed by atoms with van der Waals surface area (Å²) in [5.74, 6) is 2.63. The molecule has 0 aliphatic carbocycles. The van der Waals surface area contributed by atoms with Crippen molar-refractivity contribution in [2.75, 3.05) is 13.2 Å². The number of carbonyl (C=O) groups excluding carboxylic acids is 1. The maximum Gasteiger partial charge on any atom is 0.258 e. The van der Waals surface area contributed by atoms with Crippen LogP contribution in [-0.2, 0) is 4.79 Å². The van der Waals surface area contributed by atoms with E-state index >= 15 is 0 Å². The minimum absolute atomic E-state index is 0.0828. The molecule has 0 aliphatic rings. The first-order valence-electron chi connectivity index (χ1n) is 4.52. The van der Waals surface area contributed by atoms with Gasteiger partial charge >= 0.3 is 0 Å².